The Bertz CT molecular complexity index is 2710. The third-order valence-electron chi connectivity index (χ3n) is 10.5. The molecule has 2 heteroatoms. The first kappa shape index (κ1) is 26.9. The van der Waals surface area contributed by atoms with E-state index in [1.165, 1.54) is 105 Å². The average Bonchev–Trinajstić information content (AvgIpc) is 3.61. The van der Waals surface area contributed by atoms with Crippen molar-refractivity contribution in [3.8, 4) is 0 Å². The molecule has 0 fully saturated rings. The highest BCUT2D eigenvalue weighted by Crippen LogP contribution is 2.52. The van der Waals surface area contributed by atoms with E-state index >= 15 is 0 Å². The molecular formula is C44H34S2. The van der Waals surface area contributed by atoms with Crippen LogP contribution in [-0.4, -0.2) is 0 Å². The van der Waals surface area contributed by atoms with Gasteiger partial charge in [-0.2, -0.15) is 0 Å². The maximum atomic E-state index is 2.54. The van der Waals surface area contributed by atoms with Gasteiger partial charge in [-0.3, -0.25) is 0 Å². The zero-order valence-corrected chi connectivity index (χ0v) is 28.7. The van der Waals surface area contributed by atoms with Crippen molar-refractivity contribution >= 4 is 117 Å². The zero-order valence-electron chi connectivity index (χ0n) is 27.1. The lowest BCUT2D eigenvalue weighted by molar-refractivity contribution is 0.591. The van der Waals surface area contributed by atoms with Gasteiger partial charge in [0.15, 0.2) is 0 Å². The predicted octanol–water partition coefficient (Wildman–Crippen LogP) is 14.2. The first-order valence-corrected chi connectivity index (χ1v) is 18.0. The van der Waals surface area contributed by atoms with Crippen LogP contribution in [0.25, 0.3) is 94.2 Å². The number of benzene rings is 8. The average molecular weight is 627 g/mol. The fourth-order valence-corrected chi connectivity index (χ4v) is 10.4. The first-order valence-electron chi connectivity index (χ1n) is 16.4. The van der Waals surface area contributed by atoms with Gasteiger partial charge in [-0.1, -0.05) is 90.1 Å². The van der Waals surface area contributed by atoms with E-state index < -0.39 is 0 Å². The summed E-state index contributed by atoms with van der Waals surface area (Å²) in [7, 11) is 0. The van der Waals surface area contributed by atoms with Gasteiger partial charge in [0, 0.05) is 40.3 Å². The van der Waals surface area contributed by atoms with Gasteiger partial charge in [-0.15, -0.1) is 22.7 Å². The van der Waals surface area contributed by atoms with Gasteiger partial charge >= 0.3 is 0 Å². The molecule has 0 spiro atoms. The number of fused-ring (bicyclic) bond motifs is 14. The third-order valence-corrected chi connectivity index (χ3v) is 12.7. The summed E-state index contributed by atoms with van der Waals surface area (Å²) in [6.07, 6.45) is 0. The maximum Gasteiger partial charge on any atom is 0.0362 e. The van der Waals surface area contributed by atoms with Crippen molar-refractivity contribution in [1.29, 1.82) is 0 Å². The molecule has 0 N–H and O–H groups in total. The minimum absolute atomic E-state index is 0.00624. The van der Waals surface area contributed by atoms with E-state index in [1.807, 2.05) is 22.7 Å². The fourth-order valence-electron chi connectivity index (χ4n) is 8.15. The van der Waals surface area contributed by atoms with Crippen LogP contribution in [0.1, 0.15) is 52.7 Å². The van der Waals surface area contributed by atoms with E-state index in [9.17, 15) is 0 Å². The van der Waals surface area contributed by atoms with Crippen LogP contribution in [0.3, 0.4) is 0 Å². The van der Waals surface area contributed by atoms with Gasteiger partial charge in [-0.25, -0.2) is 0 Å². The van der Waals surface area contributed by atoms with Crippen LogP contribution >= 0.6 is 22.7 Å². The Balaban J connectivity index is 1.60. The van der Waals surface area contributed by atoms with Crippen molar-refractivity contribution in [2.24, 2.45) is 0 Å². The number of hydrogen-bond donors (Lipinski definition) is 0. The largest absolute Gasteiger partial charge is 0.135 e. The highest BCUT2D eigenvalue weighted by atomic mass is 32.1. The van der Waals surface area contributed by atoms with Crippen molar-refractivity contribution in [3.05, 3.63) is 108 Å². The van der Waals surface area contributed by atoms with E-state index in [0.29, 0.717) is 0 Å². The molecule has 0 aliphatic rings. The fraction of sp³-hybridized carbons (Fsp3) is 0.182. The molecule has 2 aromatic heterocycles. The van der Waals surface area contributed by atoms with Crippen LogP contribution in [0, 0.1) is 0 Å². The summed E-state index contributed by atoms with van der Waals surface area (Å²) in [5, 5.41) is 19.5. The molecule has 0 aliphatic heterocycles. The van der Waals surface area contributed by atoms with Gasteiger partial charge < -0.3 is 0 Å². The summed E-state index contributed by atoms with van der Waals surface area (Å²) in [5.74, 6) is 0. The lowest BCUT2D eigenvalue weighted by Gasteiger charge is -2.26. The maximum absolute atomic E-state index is 2.54. The predicted molar refractivity (Wildman–Crippen MR) is 208 cm³/mol. The Kier molecular flexibility index (Phi) is 5.13. The topological polar surface area (TPSA) is 0 Å². The minimum Gasteiger partial charge on any atom is -0.135 e. The van der Waals surface area contributed by atoms with E-state index in [0.717, 1.165) is 0 Å². The first-order chi connectivity index (χ1) is 22.1. The van der Waals surface area contributed by atoms with E-state index in [2.05, 4.69) is 139 Å². The highest BCUT2D eigenvalue weighted by Gasteiger charge is 2.26. The molecule has 0 bridgehead atoms. The van der Waals surface area contributed by atoms with Gasteiger partial charge in [0.25, 0.3) is 0 Å². The number of rotatable bonds is 0. The Morgan fingerprint density at radius 1 is 0.326 bits per heavy atom. The molecule has 0 unspecified atom stereocenters. The molecule has 0 amide bonds. The Hall–Kier alpha value is -4.24. The summed E-state index contributed by atoms with van der Waals surface area (Å²) in [4.78, 5) is 0. The van der Waals surface area contributed by atoms with Crippen LogP contribution in [0.15, 0.2) is 97.1 Å². The summed E-state index contributed by atoms with van der Waals surface area (Å²) in [6, 6.07) is 37.7. The van der Waals surface area contributed by atoms with Crippen LogP contribution in [0.2, 0.25) is 0 Å². The molecule has 10 aromatic rings. The molecule has 2 heterocycles. The molecule has 8 aromatic carbocycles. The Labute approximate surface area is 276 Å². The van der Waals surface area contributed by atoms with Crippen molar-refractivity contribution in [1.82, 2.24) is 0 Å². The number of thiophene rings is 2. The molecule has 10 rings (SSSR count). The summed E-state index contributed by atoms with van der Waals surface area (Å²) in [6.45, 7) is 14.2. The third kappa shape index (κ3) is 3.44. The second-order valence-corrected chi connectivity index (χ2v) is 17.5. The van der Waals surface area contributed by atoms with Gasteiger partial charge in [0.2, 0.25) is 0 Å². The molecule has 0 saturated carbocycles. The second-order valence-electron chi connectivity index (χ2n) is 15.3. The monoisotopic (exact) mass is 626 g/mol. The molecule has 0 saturated heterocycles. The van der Waals surface area contributed by atoms with E-state index in [4.69, 9.17) is 0 Å². The molecule has 46 heavy (non-hydrogen) atoms. The lowest BCUT2D eigenvalue weighted by Crippen LogP contribution is -2.12. The Morgan fingerprint density at radius 3 is 1.11 bits per heavy atom. The van der Waals surface area contributed by atoms with E-state index in [1.54, 1.807) is 0 Å². The van der Waals surface area contributed by atoms with Crippen LogP contribution in [0.4, 0.5) is 0 Å². The van der Waals surface area contributed by atoms with Crippen molar-refractivity contribution < 1.29 is 0 Å². The van der Waals surface area contributed by atoms with Crippen LogP contribution < -0.4 is 0 Å². The van der Waals surface area contributed by atoms with Crippen LogP contribution in [-0.2, 0) is 10.8 Å². The normalized spacial score (nSPS) is 13.4. The Morgan fingerprint density at radius 2 is 0.696 bits per heavy atom. The molecule has 0 radical (unpaired) electrons. The molecular weight excluding hydrogens is 593 g/mol. The second kappa shape index (κ2) is 8.76. The lowest BCUT2D eigenvalue weighted by atomic mass is 9.77. The quantitative estimate of drug-likeness (QED) is 0.116. The van der Waals surface area contributed by atoms with Gasteiger partial charge in [0.05, 0.1) is 0 Å². The minimum atomic E-state index is 0.00624. The standard InChI is InChI=1S/C44H34S2/c1-43(2,3)23-19-29-25-15-17-36-42(28-12-8-10-14-34(28)46-36)38(25)32-22-24(44(4,5)6)20-30-26-16-18-35-41(27-11-7-9-13-33(27)45-35)37(26)31(21-23)39(29)40(30)32/h7-22H,1-6H3. The summed E-state index contributed by atoms with van der Waals surface area (Å²) in [5.41, 5.74) is 2.80. The van der Waals surface area contributed by atoms with Gasteiger partial charge in [0.1, 0.15) is 0 Å². The summed E-state index contributed by atoms with van der Waals surface area (Å²) < 4.78 is 5.46. The van der Waals surface area contributed by atoms with Crippen molar-refractivity contribution in [3.63, 3.8) is 0 Å². The molecule has 0 nitrogen and oxygen atoms in total. The number of hydrogen-bond acceptors (Lipinski definition) is 2. The molecule has 222 valence electrons. The molecule has 0 atom stereocenters. The SMILES string of the molecule is CC(C)(C)c1cc2c3ccc4sc5ccccc5c4c3c3cc(C(C)(C)C)cc4c5ccc6sc7ccccc7c6c5c(c1)c2c43. The van der Waals surface area contributed by atoms with Crippen molar-refractivity contribution in [2.75, 3.05) is 0 Å². The van der Waals surface area contributed by atoms with Crippen LogP contribution in [0.5, 0.6) is 0 Å². The molecule has 0 aliphatic carbocycles. The zero-order chi connectivity index (χ0) is 31.3. The van der Waals surface area contributed by atoms with Crippen molar-refractivity contribution in [2.45, 2.75) is 52.4 Å². The smallest absolute Gasteiger partial charge is 0.0362 e. The summed E-state index contributed by atoms with van der Waals surface area (Å²) >= 11 is 3.84. The highest BCUT2D eigenvalue weighted by molar-refractivity contribution is 7.26. The van der Waals surface area contributed by atoms with Gasteiger partial charge in [-0.05, 0) is 124 Å². The van der Waals surface area contributed by atoms with E-state index in [-0.39, 0.29) is 10.8 Å².